The summed E-state index contributed by atoms with van der Waals surface area (Å²) in [4.78, 5) is 39.8. The molecule has 0 radical (unpaired) electrons. The molecule has 2 aromatic heterocycles. The fourth-order valence-electron chi connectivity index (χ4n) is 6.21. The summed E-state index contributed by atoms with van der Waals surface area (Å²) in [5, 5.41) is 9.21. The first kappa shape index (κ1) is 33.4. The largest absolute Gasteiger partial charge is 0.396 e. The van der Waals surface area contributed by atoms with Crippen LogP contribution >= 0.6 is 34.8 Å². The molecule has 2 aliphatic rings. The number of carbonyl (C=O) groups excluding carboxylic acids is 1. The van der Waals surface area contributed by atoms with Gasteiger partial charge in [-0.2, -0.15) is 5.26 Å². The van der Waals surface area contributed by atoms with Crippen molar-refractivity contribution in [2.75, 3.05) is 30.3 Å². The highest BCUT2D eigenvalue weighted by Gasteiger charge is 2.36. The quantitative estimate of drug-likeness (QED) is 0.137. The highest BCUT2D eigenvalue weighted by Crippen LogP contribution is 2.45. The number of aliphatic imine (C=N–C) groups is 1. The lowest BCUT2D eigenvalue weighted by Crippen LogP contribution is -2.54. The molecule has 0 bridgehead atoms. The van der Waals surface area contributed by atoms with Crippen LogP contribution in [0.4, 0.5) is 20.2 Å². The molecule has 9 nitrogen and oxygen atoms in total. The molecule has 1 fully saturated rings. The van der Waals surface area contributed by atoms with E-state index in [1.165, 1.54) is 16.7 Å². The molecular formula is C32H30Cl3F2N7O2. The summed E-state index contributed by atoms with van der Waals surface area (Å²) in [5.74, 6) is -3.09. The Morgan fingerprint density at radius 1 is 1.20 bits per heavy atom. The second-order valence-corrected chi connectivity index (χ2v) is 12.8. The molecule has 14 heteroatoms. The monoisotopic (exact) mass is 687 g/mol. The number of aromatic nitrogens is 2. The molecule has 0 spiro atoms. The molecule has 3 atom stereocenters. The molecule has 1 saturated heterocycles. The van der Waals surface area contributed by atoms with Crippen molar-refractivity contribution < 1.29 is 13.6 Å². The minimum atomic E-state index is -1.25. The molecule has 1 aromatic carbocycles. The highest BCUT2D eigenvalue weighted by molar-refractivity contribution is 6.39. The van der Waals surface area contributed by atoms with Crippen LogP contribution in [0.15, 0.2) is 40.8 Å². The number of hydrogen-bond donors (Lipinski definition) is 1. The van der Waals surface area contributed by atoms with Crippen LogP contribution in [-0.4, -0.2) is 51.7 Å². The summed E-state index contributed by atoms with van der Waals surface area (Å²) >= 11 is 18.9. The topological polar surface area (TPSA) is 121 Å². The van der Waals surface area contributed by atoms with Crippen LogP contribution in [0.3, 0.4) is 0 Å². The van der Waals surface area contributed by atoms with Crippen molar-refractivity contribution in [1.82, 2.24) is 14.5 Å². The zero-order valence-corrected chi connectivity index (χ0v) is 27.7. The van der Waals surface area contributed by atoms with Crippen LogP contribution in [0.5, 0.6) is 0 Å². The first-order valence-electron chi connectivity index (χ1n) is 14.5. The Morgan fingerprint density at radius 2 is 1.89 bits per heavy atom. The molecule has 2 unspecified atom stereocenters. The number of pyridine rings is 2. The number of carbonyl (C=O) groups is 1. The average molecular weight is 689 g/mol. The maximum Gasteiger partial charge on any atom is 0.272 e. The number of nitrogens with zero attached hydrogens (tertiary/aromatic N) is 6. The van der Waals surface area contributed by atoms with Crippen molar-refractivity contribution in [2.24, 2.45) is 16.8 Å². The van der Waals surface area contributed by atoms with E-state index < -0.39 is 39.0 Å². The summed E-state index contributed by atoms with van der Waals surface area (Å²) in [6, 6.07) is 2.61. The van der Waals surface area contributed by atoms with Gasteiger partial charge >= 0.3 is 0 Å². The number of nitrogens with two attached hydrogens (primary N) is 1. The van der Waals surface area contributed by atoms with Crippen molar-refractivity contribution >= 4 is 68.8 Å². The van der Waals surface area contributed by atoms with Gasteiger partial charge in [-0.1, -0.05) is 68.2 Å². The van der Waals surface area contributed by atoms with Gasteiger partial charge in [0.05, 0.1) is 33.2 Å². The van der Waals surface area contributed by atoms with E-state index >= 15 is 0 Å². The SMILES string of the molecule is C=CC(=O)N1CCN(c2c(C#N)c(=O)n(C3C(C(C)C)=NC=CC3C)c3nc(-c4c(N)c(F)c(Cl)c(F)c4Cl)c(Cl)cc23)C[C@H]1C. The molecule has 240 valence electrons. The number of rotatable bonds is 5. The average Bonchev–Trinajstić information content (AvgIpc) is 3.02. The van der Waals surface area contributed by atoms with Crippen molar-refractivity contribution in [2.45, 2.75) is 39.8 Å². The normalized spacial score (nSPS) is 19.8. The van der Waals surface area contributed by atoms with Crippen LogP contribution in [-0.2, 0) is 4.79 Å². The molecule has 5 rings (SSSR count). The summed E-state index contributed by atoms with van der Waals surface area (Å²) in [6.45, 7) is 12.1. The fourth-order valence-corrected chi connectivity index (χ4v) is 6.99. The van der Waals surface area contributed by atoms with E-state index in [9.17, 15) is 23.6 Å². The number of allylic oxidation sites excluding steroid dienone is 1. The molecule has 2 aliphatic heterocycles. The maximum absolute atomic E-state index is 15.0. The molecule has 3 aromatic rings. The molecule has 0 aliphatic carbocycles. The first-order chi connectivity index (χ1) is 21.7. The van der Waals surface area contributed by atoms with Gasteiger partial charge in [0.15, 0.2) is 11.6 Å². The third kappa shape index (κ3) is 5.32. The van der Waals surface area contributed by atoms with E-state index in [2.05, 4.69) is 17.6 Å². The fraction of sp³-hybridized carbons (Fsp3) is 0.344. The number of piperazine rings is 1. The van der Waals surface area contributed by atoms with Crippen LogP contribution in [0.2, 0.25) is 15.1 Å². The molecule has 0 saturated carbocycles. The molecule has 46 heavy (non-hydrogen) atoms. The lowest BCUT2D eigenvalue weighted by atomic mass is 9.88. The van der Waals surface area contributed by atoms with E-state index in [4.69, 9.17) is 45.5 Å². The Hall–Kier alpha value is -3.98. The van der Waals surface area contributed by atoms with Crippen LogP contribution in [0, 0.1) is 34.8 Å². The van der Waals surface area contributed by atoms with Gasteiger partial charge in [-0.15, -0.1) is 0 Å². The van der Waals surface area contributed by atoms with E-state index in [0.29, 0.717) is 17.6 Å². The summed E-state index contributed by atoms with van der Waals surface area (Å²) < 4.78 is 31.3. The number of nitrogen functional groups attached to an aromatic ring is 1. The van der Waals surface area contributed by atoms with Gasteiger partial charge in [-0.3, -0.25) is 19.1 Å². The predicted octanol–water partition coefficient (Wildman–Crippen LogP) is 6.78. The number of anilines is 2. The van der Waals surface area contributed by atoms with Crippen molar-refractivity contribution in [3.63, 3.8) is 0 Å². The van der Waals surface area contributed by atoms with Crippen LogP contribution < -0.4 is 16.2 Å². The Labute approximate surface area is 279 Å². The Kier molecular flexibility index (Phi) is 9.19. The van der Waals surface area contributed by atoms with Crippen molar-refractivity contribution in [1.29, 1.82) is 5.26 Å². The standard InChI is InChI=1S/C32H30Cl3F2N7O2/c1-6-20(45)43-10-9-42(13-16(43)5)30-17-11-19(33)28(21-22(34)24(36)23(35)25(37)26(21)39)41-31(17)44(32(46)18(30)12-38)29-15(4)7-8-40-27(29)14(2)3/h6-8,11,14-16,29H,1,9-10,13,39H2,2-5H3/t15?,16-,29?/m1/s1. The summed E-state index contributed by atoms with van der Waals surface area (Å²) in [7, 11) is 0. The number of hydrogen-bond acceptors (Lipinski definition) is 7. The zero-order valence-electron chi connectivity index (χ0n) is 25.4. The lowest BCUT2D eigenvalue weighted by molar-refractivity contribution is -0.128. The molecule has 2 N–H and O–H groups in total. The smallest absolute Gasteiger partial charge is 0.272 e. The van der Waals surface area contributed by atoms with Gasteiger partial charge in [0.25, 0.3) is 5.56 Å². The third-order valence-corrected chi connectivity index (χ3v) is 9.42. The van der Waals surface area contributed by atoms with Gasteiger partial charge in [0, 0.05) is 54.5 Å². The van der Waals surface area contributed by atoms with Gasteiger partial charge in [0.1, 0.15) is 22.3 Å². The van der Waals surface area contributed by atoms with E-state index in [1.807, 2.05) is 38.7 Å². The molecule has 4 heterocycles. The molecular weight excluding hydrogens is 659 g/mol. The number of fused-ring (bicyclic) bond motifs is 1. The number of benzene rings is 1. The van der Waals surface area contributed by atoms with Crippen molar-refractivity contribution in [3.8, 4) is 17.3 Å². The summed E-state index contributed by atoms with van der Waals surface area (Å²) in [5.41, 5.74) is 5.16. The Morgan fingerprint density at radius 3 is 2.50 bits per heavy atom. The summed E-state index contributed by atoms with van der Waals surface area (Å²) in [6.07, 6.45) is 4.74. The van der Waals surface area contributed by atoms with E-state index in [0.717, 1.165) is 0 Å². The first-order valence-corrected chi connectivity index (χ1v) is 15.6. The maximum atomic E-state index is 15.0. The van der Waals surface area contributed by atoms with E-state index in [-0.39, 0.29) is 70.1 Å². The Balaban J connectivity index is 1.89. The minimum Gasteiger partial charge on any atom is -0.396 e. The Bertz CT molecular complexity index is 1940. The van der Waals surface area contributed by atoms with Crippen molar-refractivity contribution in [3.05, 3.63) is 73.6 Å². The second-order valence-electron chi connectivity index (χ2n) is 11.6. The van der Waals surface area contributed by atoms with Crippen LogP contribution in [0.25, 0.3) is 22.3 Å². The molecule has 1 amide bonds. The predicted molar refractivity (Wildman–Crippen MR) is 179 cm³/mol. The van der Waals surface area contributed by atoms with Gasteiger partial charge in [0.2, 0.25) is 5.91 Å². The van der Waals surface area contributed by atoms with Gasteiger partial charge in [-0.25, -0.2) is 13.8 Å². The van der Waals surface area contributed by atoms with Crippen LogP contribution in [0.1, 0.15) is 39.3 Å². The number of nitriles is 1. The number of halogens is 5. The lowest BCUT2D eigenvalue weighted by Gasteiger charge is -2.41. The zero-order chi connectivity index (χ0) is 33.8. The number of amides is 1. The highest BCUT2D eigenvalue weighted by atomic mass is 35.5. The van der Waals surface area contributed by atoms with Gasteiger partial charge < -0.3 is 15.5 Å². The third-order valence-electron chi connectivity index (χ3n) is 8.45. The van der Waals surface area contributed by atoms with E-state index in [1.54, 1.807) is 11.1 Å². The minimum absolute atomic E-state index is 0.0717. The van der Waals surface area contributed by atoms with Gasteiger partial charge in [-0.05, 0) is 25.0 Å². The second kappa shape index (κ2) is 12.7.